The molecule has 0 fully saturated rings. The van der Waals surface area contributed by atoms with E-state index in [2.05, 4.69) is 0 Å². The Labute approximate surface area is 112 Å². The van der Waals surface area contributed by atoms with E-state index < -0.39 is 0 Å². The average Bonchev–Trinajstić information content (AvgIpc) is 2.36. The molecule has 2 N–H and O–H groups in total. The van der Waals surface area contributed by atoms with Gasteiger partial charge in [-0.2, -0.15) is 0 Å². The van der Waals surface area contributed by atoms with E-state index in [4.69, 9.17) is 5.73 Å². The zero-order valence-corrected chi connectivity index (χ0v) is 11.5. The van der Waals surface area contributed by atoms with Crippen molar-refractivity contribution < 1.29 is 9.59 Å². The van der Waals surface area contributed by atoms with Gasteiger partial charge in [0, 0.05) is 30.6 Å². The number of carbonyl (C=O) groups excluding carboxylic acids is 2. The molecule has 0 saturated heterocycles. The van der Waals surface area contributed by atoms with Gasteiger partial charge >= 0.3 is 0 Å². The number of likely N-dealkylation sites (N-methyl/N-ethyl adjacent to an activating group) is 1. The third-order valence-electron chi connectivity index (χ3n) is 2.35. The Morgan fingerprint density at radius 1 is 1.28 bits per heavy atom. The summed E-state index contributed by atoms with van der Waals surface area (Å²) in [6.45, 7) is 2.56. The Hall–Kier alpha value is -1.33. The van der Waals surface area contributed by atoms with Crippen molar-refractivity contribution >= 4 is 23.5 Å². The summed E-state index contributed by atoms with van der Waals surface area (Å²) in [5.41, 5.74) is 6.05. The van der Waals surface area contributed by atoms with Crippen molar-refractivity contribution in [3.63, 3.8) is 0 Å². The molecule has 0 unspecified atom stereocenters. The molecule has 1 amide bonds. The van der Waals surface area contributed by atoms with Crippen molar-refractivity contribution in [2.75, 3.05) is 25.9 Å². The molecule has 0 heterocycles. The van der Waals surface area contributed by atoms with Crippen LogP contribution in [0.3, 0.4) is 0 Å². The molecular formula is C13H18N2O2S. The van der Waals surface area contributed by atoms with E-state index in [-0.39, 0.29) is 11.7 Å². The molecule has 1 aromatic carbocycles. The molecule has 1 aromatic rings. The lowest BCUT2D eigenvalue weighted by atomic mass is 10.2. The van der Waals surface area contributed by atoms with E-state index in [0.717, 1.165) is 4.90 Å². The number of nitrogens with two attached hydrogens (primary N) is 1. The van der Waals surface area contributed by atoms with E-state index in [1.54, 1.807) is 31.0 Å². The summed E-state index contributed by atoms with van der Waals surface area (Å²) in [5.74, 6) is 0.562. The zero-order valence-electron chi connectivity index (χ0n) is 10.7. The number of benzene rings is 1. The Balaban J connectivity index is 2.64. The molecule has 98 valence electrons. The molecule has 0 bridgehead atoms. The van der Waals surface area contributed by atoms with Crippen LogP contribution in [0.1, 0.15) is 17.3 Å². The fourth-order valence-electron chi connectivity index (χ4n) is 1.39. The second-order valence-corrected chi connectivity index (χ2v) is 5.08. The molecule has 4 nitrogen and oxygen atoms in total. The molecule has 0 radical (unpaired) electrons. The quantitative estimate of drug-likeness (QED) is 0.791. The highest BCUT2D eigenvalue weighted by atomic mass is 32.2. The summed E-state index contributed by atoms with van der Waals surface area (Å²) in [7, 11) is 1.73. The van der Waals surface area contributed by atoms with Gasteiger partial charge in [-0.15, -0.1) is 11.8 Å². The molecule has 0 aliphatic rings. The molecule has 0 aliphatic carbocycles. The maximum atomic E-state index is 11.9. The number of hydrogen-bond donors (Lipinski definition) is 1. The van der Waals surface area contributed by atoms with Crippen LogP contribution in [0.25, 0.3) is 0 Å². The van der Waals surface area contributed by atoms with Crippen molar-refractivity contribution in [1.82, 2.24) is 4.90 Å². The van der Waals surface area contributed by atoms with Crippen molar-refractivity contribution in [2.24, 2.45) is 5.73 Å². The van der Waals surface area contributed by atoms with Crippen LogP contribution in [-0.2, 0) is 4.79 Å². The summed E-state index contributed by atoms with van der Waals surface area (Å²) < 4.78 is 0. The van der Waals surface area contributed by atoms with Gasteiger partial charge in [0.05, 0.1) is 5.75 Å². The summed E-state index contributed by atoms with van der Waals surface area (Å²) >= 11 is 1.47. The van der Waals surface area contributed by atoms with Gasteiger partial charge < -0.3 is 10.6 Å². The first-order valence-electron chi connectivity index (χ1n) is 5.72. The van der Waals surface area contributed by atoms with Crippen molar-refractivity contribution in [1.29, 1.82) is 0 Å². The van der Waals surface area contributed by atoms with E-state index in [1.165, 1.54) is 11.8 Å². The Kier molecular flexibility index (Phi) is 5.88. The first-order chi connectivity index (χ1) is 8.54. The van der Waals surface area contributed by atoms with E-state index in [9.17, 15) is 9.59 Å². The van der Waals surface area contributed by atoms with Gasteiger partial charge in [0.15, 0.2) is 0 Å². The number of ketones is 1. The molecule has 1 rings (SSSR count). The number of amides is 1. The maximum Gasteiger partial charge on any atom is 0.253 e. The highest BCUT2D eigenvalue weighted by Gasteiger charge is 2.10. The van der Waals surface area contributed by atoms with Crippen LogP contribution in [0.15, 0.2) is 29.2 Å². The van der Waals surface area contributed by atoms with Crippen LogP contribution in [0.2, 0.25) is 0 Å². The summed E-state index contributed by atoms with van der Waals surface area (Å²) in [4.78, 5) is 25.4. The van der Waals surface area contributed by atoms with Gasteiger partial charge in [0.25, 0.3) is 5.91 Å². The number of Topliss-reactive ketones (excluding diaryl/α,β-unsaturated/α-hetero) is 1. The lowest BCUT2D eigenvalue weighted by Gasteiger charge is -2.15. The number of carbonyl (C=O) groups is 2. The number of hydrogen-bond acceptors (Lipinski definition) is 4. The first-order valence-corrected chi connectivity index (χ1v) is 6.71. The van der Waals surface area contributed by atoms with Crippen LogP contribution in [0, 0.1) is 0 Å². The molecule has 5 heteroatoms. The largest absolute Gasteiger partial charge is 0.340 e. The third-order valence-corrected chi connectivity index (χ3v) is 3.51. The standard InChI is InChI=1S/C13H18N2O2S/c1-10(16)9-18-12-5-3-11(4-6-12)13(17)15(2)8-7-14/h3-6H,7-9,14H2,1-2H3. The lowest BCUT2D eigenvalue weighted by Crippen LogP contribution is -2.31. The highest BCUT2D eigenvalue weighted by Crippen LogP contribution is 2.18. The second-order valence-electron chi connectivity index (χ2n) is 4.03. The molecule has 0 atom stereocenters. The minimum atomic E-state index is -0.0384. The predicted octanol–water partition coefficient (Wildman–Crippen LogP) is 1.40. The molecular weight excluding hydrogens is 248 g/mol. The van der Waals surface area contributed by atoms with Crippen LogP contribution in [0.5, 0.6) is 0 Å². The van der Waals surface area contributed by atoms with E-state index >= 15 is 0 Å². The Morgan fingerprint density at radius 3 is 2.39 bits per heavy atom. The van der Waals surface area contributed by atoms with Gasteiger partial charge in [0.2, 0.25) is 0 Å². The van der Waals surface area contributed by atoms with Crippen LogP contribution < -0.4 is 5.73 Å². The second kappa shape index (κ2) is 7.18. The lowest BCUT2D eigenvalue weighted by molar-refractivity contribution is -0.114. The first kappa shape index (κ1) is 14.7. The molecule has 0 aromatic heterocycles. The van der Waals surface area contributed by atoms with Gasteiger partial charge in [0.1, 0.15) is 5.78 Å². The summed E-state index contributed by atoms with van der Waals surface area (Å²) in [6, 6.07) is 7.27. The van der Waals surface area contributed by atoms with Gasteiger partial charge in [-0.3, -0.25) is 9.59 Å². The Morgan fingerprint density at radius 2 is 1.89 bits per heavy atom. The molecule has 0 spiro atoms. The fourth-order valence-corrected chi connectivity index (χ4v) is 2.09. The van der Waals surface area contributed by atoms with Gasteiger partial charge in [-0.05, 0) is 31.2 Å². The molecule has 0 aliphatic heterocycles. The minimum Gasteiger partial charge on any atom is -0.340 e. The monoisotopic (exact) mass is 266 g/mol. The number of thioether (sulfide) groups is 1. The Bertz CT molecular complexity index is 418. The van der Waals surface area contributed by atoms with Crippen LogP contribution >= 0.6 is 11.8 Å². The maximum absolute atomic E-state index is 11.9. The predicted molar refractivity (Wildman–Crippen MR) is 73.9 cm³/mol. The SMILES string of the molecule is CC(=O)CSc1ccc(C(=O)N(C)CCN)cc1. The van der Waals surface area contributed by atoms with Crippen molar-refractivity contribution in [3.05, 3.63) is 29.8 Å². The normalized spacial score (nSPS) is 10.2. The minimum absolute atomic E-state index is 0.0384. The van der Waals surface area contributed by atoms with E-state index in [1.807, 2.05) is 12.1 Å². The molecule has 0 saturated carbocycles. The summed E-state index contributed by atoms with van der Waals surface area (Å²) in [6.07, 6.45) is 0. The van der Waals surface area contributed by atoms with Crippen LogP contribution in [-0.4, -0.2) is 42.5 Å². The van der Waals surface area contributed by atoms with Crippen molar-refractivity contribution in [3.8, 4) is 0 Å². The number of nitrogens with zero attached hydrogens (tertiary/aromatic N) is 1. The fraction of sp³-hybridized carbons (Fsp3) is 0.385. The smallest absolute Gasteiger partial charge is 0.253 e. The highest BCUT2D eigenvalue weighted by molar-refractivity contribution is 8.00. The topological polar surface area (TPSA) is 63.4 Å². The van der Waals surface area contributed by atoms with Crippen molar-refractivity contribution in [2.45, 2.75) is 11.8 Å². The number of rotatable bonds is 6. The van der Waals surface area contributed by atoms with E-state index in [0.29, 0.717) is 24.4 Å². The van der Waals surface area contributed by atoms with Gasteiger partial charge in [-0.25, -0.2) is 0 Å². The summed E-state index contributed by atoms with van der Waals surface area (Å²) in [5, 5.41) is 0. The van der Waals surface area contributed by atoms with Crippen LogP contribution in [0.4, 0.5) is 0 Å². The zero-order chi connectivity index (χ0) is 13.5. The molecule has 18 heavy (non-hydrogen) atoms. The average molecular weight is 266 g/mol. The van der Waals surface area contributed by atoms with Gasteiger partial charge in [-0.1, -0.05) is 0 Å². The third kappa shape index (κ3) is 4.50.